The third-order valence-corrected chi connectivity index (χ3v) is 5.32. The highest BCUT2D eigenvalue weighted by atomic mass is 32.2. The average Bonchev–Trinajstić information content (AvgIpc) is 2.70. The molecule has 2 rings (SSSR count). The highest BCUT2D eigenvalue weighted by Crippen LogP contribution is 2.19. The fourth-order valence-electron chi connectivity index (χ4n) is 2.31. The first-order chi connectivity index (χ1) is 8.89. The third kappa shape index (κ3) is 3.49. The van der Waals surface area contributed by atoms with E-state index in [9.17, 15) is 8.42 Å². The van der Waals surface area contributed by atoms with Crippen LogP contribution in [-0.4, -0.2) is 47.9 Å². The van der Waals surface area contributed by atoms with Crippen LogP contribution in [0, 0.1) is 0 Å². The van der Waals surface area contributed by atoms with Gasteiger partial charge in [-0.1, -0.05) is 18.3 Å². The molecule has 0 spiro atoms. The van der Waals surface area contributed by atoms with E-state index in [0.717, 1.165) is 5.56 Å². The molecular formula is C12H17N3O2S2. The predicted octanol–water partition coefficient (Wildman–Crippen LogP) is 0.335. The monoisotopic (exact) mass is 299 g/mol. The van der Waals surface area contributed by atoms with Crippen molar-refractivity contribution in [1.29, 1.82) is 0 Å². The van der Waals surface area contributed by atoms with Gasteiger partial charge in [0.2, 0.25) is 0 Å². The third-order valence-electron chi connectivity index (χ3n) is 3.38. The molecule has 0 bridgehead atoms. The van der Waals surface area contributed by atoms with Crippen LogP contribution in [0.25, 0.3) is 0 Å². The maximum atomic E-state index is 11.5. The summed E-state index contributed by atoms with van der Waals surface area (Å²) >= 11 is 4.97. The van der Waals surface area contributed by atoms with Crippen molar-refractivity contribution in [3.8, 4) is 0 Å². The first kappa shape index (κ1) is 14.4. The van der Waals surface area contributed by atoms with Crippen molar-refractivity contribution in [1.82, 2.24) is 9.88 Å². The van der Waals surface area contributed by atoms with Crippen LogP contribution in [0.4, 0.5) is 0 Å². The van der Waals surface area contributed by atoms with Crippen molar-refractivity contribution in [3.05, 3.63) is 29.6 Å². The normalized spacial score (nSPS) is 21.7. The lowest BCUT2D eigenvalue weighted by Gasteiger charge is -2.23. The number of sulfone groups is 1. The van der Waals surface area contributed by atoms with E-state index in [1.807, 2.05) is 24.1 Å². The lowest BCUT2D eigenvalue weighted by atomic mass is 10.1. The summed E-state index contributed by atoms with van der Waals surface area (Å²) in [5, 5.41) is 0. The Balaban J connectivity index is 2.12. The van der Waals surface area contributed by atoms with Crippen molar-refractivity contribution in [2.75, 3.05) is 18.6 Å². The Labute approximate surface area is 118 Å². The van der Waals surface area contributed by atoms with E-state index in [2.05, 4.69) is 4.98 Å². The van der Waals surface area contributed by atoms with Crippen molar-refractivity contribution < 1.29 is 8.42 Å². The largest absolute Gasteiger partial charge is 0.388 e. The Morgan fingerprint density at radius 3 is 2.95 bits per heavy atom. The minimum atomic E-state index is -2.87. The topological polar surface area (TPSA) is 76.3 Å². The zero-order valence-corrected chi connectivity index (χ0v) is 12.4. The number of nitrogens with two attached hydrogens (primary N) is 1. The van der Waals surface area contributed by atoms with Crippen LogP contribution >= 0.6 is 12.2 Å². The van der Waals surface area contributed by atoms with Gasteiger partial charge in [0.25, 0.3) is 0 Å². The quantitative estimate of drug-likeness (QED) is 0.808. The molecule has 1 aliphatic heterocycles. The average molecular weight is 299 g/mol. The zero-order chi connectivity index (χ0) is 14.0. The number of aromatic nitrogens is 1. The molecule has 0 radical (unpaired) electrons. The molecule has 1 atom stereocenters. The van der Waals surface area contributed by atoms with E-state index < -0.39 is 9.84 Å². The summed E-state index contributed by atoms with van der Waals surface area (Å²) in [6, 6.07) is 3.81. The Kier molecular flexibility index (Phi) is 4.17. The Morgan fingerprint density at radius 2 is 2.37 bits per heavy atom. The molecule has 2 heterocycles. The van der Waals surface area contributed by atoms with E-state index in [0.29, 0.717) is 18.7 Å². The minimum Gasteiger partial charge on any atom is -0.388 e. The molecular weight excluding hydrogens is 282 g/mol. The fraction of sp³-hybridized carbons (Fsp3) is 0.500. The van der Waals surface area contributed by atoms with Gasteiger partial charge in [-0.25, -0.2) is 8.42 Å². The number of thiocarbonyl (C=S) groups is 1. The van der Waals surface area contributed by atoms with Crippen LogP contribution in [0.5, 0.6) is 0 Å². The van der Waals surface area contributed by atoms with Crippen molar-refractivity contribution in [2.24, 2.45) is 5.73 Å². The van der Waals surface area contributed by atoms with Gasteiger partial charge in [0.1, 0.15) is 10.7 Å². The van der Waals surface area contributed by atoms with Gasteiger partial charge in [-0.2, -0.15) is 0 Å². The molecule has 104 valence electrons. The lowest BCUT2D eigenvalue weighted by molar-refractivity contribution is 0.253. The van der Waals surface area contributed by atoms with Gasteiger partial charge < -0.3 is 5.73 Å². The Morgan fingerprint density at radius 1 is 1.63 bits per heavy atom. The summed E-state index contributed by atoms with van der Waals surface area (Å²) in [7, 11) is -0.948. The van der Waals surface area contributed by atoms with Gasteiger partial charge in [0, 0.05) is 18.8 Å². The summed E-state index contributed by atoms with van der Waals surface area (Å²) in [4.78, 5) is 6.47. The summed E-state index contributed by atoms with van der Waals surface area (Å²) in [6.45, 7) is 0.598. The van der Waals surface area contributed by atoms with E-state index >= 15 is 0 Å². The van der Waals surface area contributed by atoms with E-state index in [1.165, 1.54) is 0 Å². The van der Waals surface area contributed by atoms with E-state index in [1.54, 1.807) is 6.20 Å². The zero-order valence-electron chi connectivity index (χ0n) is 10.7. The van der Waals surface area contributed by atoms with Gasteiger partial charge in [-0.15, -0.1) is 0 Å². The second-order valence-corrected chi connectivity index (χ2v) is 7.52. The maximum Gasteiger partial charge on any atom is 0.151 e. The molecule has 1 unspecified atom stereocenters. The Hall–Kier alpha value is -1.05. The van der Waals surface area contributed by atoms with Crippen LogP contribution in [0.15, 0.2) is 18.3 Å². The molecule has 19 heavy (non-hydrogen) atoms. The second-order valence-electron chi connectivity index (χ2n) is 4.85. The maximum absolute atomic E-state index is 11.5. The molecule has 0 amide bonds. The SMILES string of the molecule is CN(Cc1cccnc1C(N)=S)C1CCS(=O)(=O)C1. The van der Waals surface area contributed by atoms with Gasteiger partial charge in [0.05, 0.1) is 11.5 Å². The molecule has 7 heteroatoms. The molecule has 1 fully saturated rings. The number of pyridine rings is 1. The summed E-state index contributed by atoms with van der Waals surface area (Å²) in [6.07, 6.45) is 2.33. The van der Waals surface area contributed by atoms with Crippen LogP contribution in [-0.2, 0) is 16.4 Å². The summed E-state index contributed by atoms with van der Waals surface area (Å²) < 4.78 is 23.0. The molecule has 1 aliphatic rings. The summed E-state index contributed by atoms with van der Waals surface area (Å²) in [5.41, 5.74) is 7.19. The smallest absolute Gasteiger partial charge is 0.151 e. The van der Waals surface area contributed by atoms with Crippen LogP contribution in [0.1, 0.15) is 17.7 Å². The molecule has 1 aromatic heterocycles. The number of rotatable bonds is 4. The van der Waals surface area contributed by atoms with Gasteiger partial charge in [-0.3, -0.25) is 9.88 Å². The van der Waals surface area contributed by atoms with Crippen LogP contribution in [0.2, 0.25) is 0 Å². The fourth-order valence-corrected chi connectivity index (χ4v) is 4.30. The standard InChI is InChI=1S/C12H17N3O2S2/c1-15(10-4-6-19(16,17)8-10)7-9-3-2-5-14-11(9)12(13)18/h2-3,5,10H,4,6-8H2,1H3,(H2,13,18). The molecule has 1 aromatic rings. The van der Waals surface area contributed by atoms with Crippen LogP contribution < -0.4 is 5.73 Å². The van der Waals surface area contributed by atoms with Crippen molar-refractivity contribution in [2.45, 2.75) is 19.0 Å². The first-order valence-electron chi connectivity index (χ1n) is 6.03. The molecule has 2 N–H and O–H groups in total. The molecule has 5 nitrogen and oxygen atoms in total. The van der Waals surface area contributed by atoms with Crippen molar-refractivity contribution >= 4 is 27.0 Å². The summed E-state index contributed by atoms with van der Waals surface area (Å²) in [5.74, 6) is 0.503. The van der Waals surface area contributed by atoms with E-state index in [4.69, 9.17) is 18.0 Å². The molecule has 0 aromatic carbocycles. The lowest BCUT2D eigenvalue weighted by Crippen LogP contribution is -2.33. The van der Waals surface area contributed by atoms with Gasteiger partial charge in [0.15, 0.2) is 9.84 Å². The van der Waals surface area contributed by atoms with Gasteiger partial charge >= 0.3 is 0 Å². The highest BCUT2D eigenvalue weighted by Gasteiger charge is 2.30. The predicted molar refractivity (Wildman–Crippen MR) is 78.7 cm³/mol. The second kappa shape index (κ2) is 5.52. The van der Waals surface area contributed by atoms with Gasteiger partial charge in [-0.05, 0) is 25.1 Å². The highest BCUT2D eigenvalue weighted by molar-refractivity contribution is 7.91. The molecule has 1 saturated heterocycles. The number of nitrogens with zero attached hydrogens (tertiary/aromatic N) is 2. The minimum absolute atomic E-state index is 0.0596. The number of hydrogen-bond donors (Lipinski definition) is 1. The van der Waals surface area contributed by atoms with Crippen molar-refractivity contribution in [3.63, 3.8) is 0 Å². The van der Waals surface area contributed by atoms with Crippen LogP contribution in [0.3, 0.4) is 0 Å². The molecule has 0 saturated carbocycles. The number of hydrogen-bond acceptors (Lipinski definition) is 5. The Bertz CT molecular complexity index is 586. The van der Waals surface area contributed by atoms with E-state index in [-0.39, 0.29) is 22.5 Å². The molecule has 0 aliphatic carbocycles. The first-order valence-corrected chi connectivity index (χ1v) is 8.26.